The first kappa shape index (κ1) is 25.6. The van der Waals surface area contributed by atoms with Gasteiger partial charge in [-0.25, -0.2) is 14.3 Å². The van der Waals surface area contributed by atoms with E-state index >= 15 is 0 Å². The average molecular weight is 479 g/mol. The van der Waals surface area contributed by atoms with Crippen molar-refractivity contribution in [3.05, 3.63) is 71.9 Å². The fraction of sp³-hybridized carbons (Fsp3) is 0.296. The van der Waals surface area contributed by atoms with E-state index in [0.717, 1.165) is 12.0 Å². The van der Waals surface area contributed by atoms with Crippen molar-refractivity contribution in [3.8, 4) is 28.4 Å². The molecule has 3 rings (SSSR count). The van der Waals surface area contributed by atoms with Crippen molar-refractivity contribution in [1.29, 1.82) is 0 Å². The number of carbonyl (C=O) groups excluding carboxylic acids is 2. The lowest BCUT2D eigenvalue weighted by Crippen LogP contribution is -2.15. The zero-order valence-electron chi connectivity index (χ0n) is 20.5. The van der Waals surface area contributed by atoms with Crippen molar-refractivity contribution in [2.24, 2.45) is 0 Å². The first-order chi connectivity index (χ1) is 17.0. The molecule has 0 radical (unpaired) electrons. The second-order valence-electron chi connectivity index (χ2n) is 7.54. The van der Waals surface area contributed by atoms with E-state index in [4.69, 9.17) is 18.9 Å². The number of methoxy groups -OCH3 is 2. The van der Waals surface area contributed by atoms with Crippen molar-refractivity contribution in [2.45, 2.75) is 26.7 Å². The summed E-state index contributed by atoms with van der Waals surface area (Å²) in [5.74, 6) is -0.294. The van der Waals surface area contributed by atoms with Gasteiger partial charge in [0.2, 0.25) is 0 Å². The van der Waals surface area contributed by atoms with Gasteiger partial charge in [0, 0.05) is 11.1 Å². The van der Waals surface area contributed by atoms with E-state index in [2.05, 4.69) is 11.7 Å². The zero-order chi connectivity index (χ0) is 25.4. The van der Waals surface area contributed by atoms with Gasteiger partial charge < -0.3 is 18.9 Å². The molecule has 0 atom stereocenters. The first-order valence-corrected chi connectivity index (χ1v) is 11.4. The number of esters is 2. The van der Waals surface area contributed by atoms with Crippen LogP contribution >= 0.6 is 0 Å². The Bertz CT molecular complexity index is 1200. The molecule has 0 fully saturated rings. The predicted octanol–water partition coefficient (Wildman–Crippen LogP) is 5.03. The Morgan fingerprint density at radius 2 is 1.74 bits per heavy atom. The molecular weight excluding hydrogens is 448 g/mol. The second kappa shape index (κ2) is 11.9. The average Bonchev–Trinajstić information content (AvgIpc) is 3.29. The fourth-order valence-electron chi connectivity index (χ4n) is 3.69. The molecule has 1 heterocycles. The molecular formula is C27H30N2O6. The lowest BCUT2D eigenvalue weighted by Gasteiger charge is -2.17. The summed E-state index contributed by atoms with van der Waals surface area (Å²) in [5.41, 5.74) is 2.19. The Hall–Kier alpha value is -4.07. The largest absolute Gasteiger partial charge is 0.490 e. The molecule has 0 saturated carbocycles. The van der Waals surface area contributed by atoms with E-state index < -0.39 is 11.9 Å². The van der Waals surface area contributed by atoms with Crippen LogP contribution in [-0.2, 0) is 15.9 Å². The smallest absolute Gasteiger partial charge is 0.357 e. The maximum atomic E-state index is 13.0. The second-order valence-corrected chi connectivity index (χ2v) is 7.54. The zero-order valence-corrected chi connectivity index (χ0v) is 20.5. The van der Waals surface area contributed by atoms with E-state index in [9.17, 15) is 9.59 Å². The summed E-state index contributed by atoms with van der Waals surface area (Å²) >= 11 is 0. The number of allylic oxidation sites excluding steroid dienone is 1. The van der Waals surface area contributed by atoms with Crippen LogP contribution in [0.4, 0.5) is 0 Å². The van der Waals surface area contributed by atoms with Crippen LogP contribution in [-0.4, -0.2) is 49.2 Å². The van der Waals surface area contributed by atoms with Crippen LogP contribution in [0.1, 0.15) is 46.7 Å². The van der Waals surface area contributed by atoms with Crippen molar-refractivity contribution >= 4 is 11.9 Å². The number of ether oxygens (including phenoxy) is 4. The van der Waals surface area contributed by atoms with Crippen molar-refractivity contribution < 1.29 is 28.5 Å². The summed E-state index contributed by atoms with van der Waals surface area (Å²) in [6, 6.07) is 12.6. The van der Waals surface area contributed by atoms with Gasteiger partial charge in [0.05, 0.1) is 33.1 Å². The number of hydrogen-bond donors (Lipinski definition) is 0. The molecule has 8 nitrogen and oxygen atoms in total. The van der Waals surface area contributed by atoms with Crippen LogP contribution in [0.2, 0.25) is 0 Å². The van der Waals surface area contributed by atoms with Gasteiger partial charge in [-0.3, -0.25) is 0 Å². The number of benzene rings is 2. The van der Waals surface area contributed by atoms with Crippen LogP contribution in [0.5, 0.6) is 11.5 Å². The molecule has 0 aliphatic rings. The number of nitrogens with zero attached hydrogens (tertiary/aromatic N) is 2. The van der Waals surface area contributed by atoms with E-state index in [0.29, 0.717) is 42.4 Å². The molecule has 2 aromatic carbocycles. The Balaban J connectivity index is 2.36. The highest BCUT2D eigenvalue weighted by molar-refractivity contribution is 6.07. The SMILES string of the molecule is C=CCc1cc(-c2nn(-c3ccccc3)c(C(=O)OC)c2C(=O)OC)cc(OCC)c1OCCC. The summed E-state index contributed by atoms with van der Waals surface area (Å²) < 4.78 is 23.3. The van der Waals surface area contributed by atoms with E-state index in [1.165, 1.54) is 18.9 Å². The minimum Gasteiger partial charge on any atom is -0.490 e. The molecule has 0 spiro atoms. The maximum absolute atomic E-state index is 13.0. The first-order valence-electron chi connectivity index (χ1n) is 11.4. The van der Waals surface area contributed by atoms with Crippen molar-refractivity contribution in [1.82, 2.24) is 9.78 Å². The standard InChI is InChI=1S/C27H30N2O6/c1-6-12-18-16-19(17-21(34-8-3)25(18)35-15-7-2)23-22(26(30)32-4)24(27(31)33-5)29(28-23)20-13-10-9-11-14-20/h6,9-11,13-14,16-17H,1,7-8,12,15H2,2-5H3. The third-order valence-corrected chi connectivity index (χ3v) is 5.17. The van der Waals surface area contributed by atoms with Crippen LogP contribution in [0.3, 0.4) is 0 Å². The minimum absolute atomic E-state index is 0.00238. The molecule has 0 aliphatic heterocycles. The van der Waals surface area contributed by atoms with Crippen molar-refractivity contribution in [3.63, 3.8) is 0 Å². The number of para-hydroxylation sites is 1. The van der Waals surface area contributed by atoms with Crippen LogP contribution in [0, 0.1) is 0 Å². The Kier molecular flexibility index (Phi) is 8.67. The molecule has 0 amide bonds. The quantitative estimate of drug-likeness (QED) is 0.282. The van der Waals surface area contributed by atoms with Crippen LogP contribution in [0.15, 0.2) is 55.1 Å². The highest BCUT2D eigenvalue weighted by atomic mass is 16.5. The normalized spacial score (nSPS) is 10.5. The van der Waals surface area contributed by atoms with Gasteiger partial charge in [-0.15, -0.1) is 6.58 Å². The van der Waals surface area contributed by atoms with E-state index in [1.807, 2.05) is 38.1 Å². The third kappa shape index (κ3) is 5.37. The third-order valence-electron chi connectivity index (χ3n) is 5.17. The van der Waals surface area contributed by atoms with Gasteiger partial charge in [-0.1, -0.05) is 31.2 Å². The molecule has 0 bridgehead atoms. The molecule has 1 aromatic heterocycles. The number of rotatable bonds is 11. The molecule has 0 saturated heterocycles. The summed E-state index contributed by atoms with van der Waals surface area (Å²) in [7, 11) is 2.50. The maximum Gasteiger partial charge on any atom is 0.357 e. The highest BCUT2D eigenvalue weighted by Gasteiger charge is 2.32. The van der Waals surface area contributed by atoms with Gasteiger partial charge in [-0.05, 0) is 44.0 Å². The lowest BCUT2D eigenvalue weighted by atomic mass is 10.00. The number of carbonyl (C=O) groups is 2. The monoisotopic (exact) mass is 478 g/mol. The highest BCUT2D eigenvalue weighted by Crippen LogP contribution is 2.39. The molecule has 0 unspecified atom stereocenters. The van der Waals surface area contributed by atoms with Gasteiger partial charge in [-0.2, -0.15) is 5.10 Å². The summed E-state index contributed by atoms with van der Waals surface area (Å²) in [6.07, 6.45) is 3.10. The molecule has 0 N–H and O–H groups in total. The topological polar surface area (TPSA) is 88.9 Å². The lowest BCUT2D eigenvalue weighted by molar-refractivity contribution is 0.0549. The summed E-state index contributed by atoms with van der Waals surface area (Å²) in [5, 5.41) is 4.68. The van der Waals surface area contributed by atoms with Gasteiger partial charge >= 0.3 is 11.9 Å². The summed E-state index contributed by atoms with van der Waals surface area (Å²) in [4.78, 5) is 25.8. The predicted molar refractivity (Wildman–Crippen MR) is 133 cm³/mol. The van der Waals surface area contributed by atoms with Gasteiger partial charge in [0.15, 0.2) is 17.2 Å². The Morgan fingerprint density at radius 1 is 1.03 bits per heavy atom. The van der Waals surface area contributed by atoms with Crippen molar-refractivity contribution in [2.75, 3.05) is 27.4 Å². The molecule has 3 aromatic rings. The number of hydrogen-bond acceptors (Lipinski definition) is 7. The molecule has 0 aliphatic carbocycles. The molecule has 8 heteroatoms. The van der Waals surface area contributed by atoms with E-state index in [1.54, 1.807) is 24.3 Å². The fourth-order valence-corrected chi connectivity index (χ4v) is 3.69. The van der Waals surface area contributed by atoms with Gasteiger partial charge in [0.1, 0.15) is 11.3 Å². The van der Waals surface area contributed by atoms with Crippen LogP contribution < -0.4 is 9.47 Å². The Labute approximate surface area is 205 Å². The Morgan fingerprint density at radius 3 is 2.34 bits per heavy atom. The molecule has 35 heavy (non-hydrogen) atoms. The number of aromatic nitrogens is 2. The molecule has 184 valence electrons. The minimum atomic E-state index is -0.716. The van der Waals surface area contributed by atoms with Crippen LogP contribution in [0.25, 0.3) is 16.9 Å². The van der Waals surface area contributed by atoms with E-state index in [-0.39, 0.29) is 17.0 Å². The summed E-state index contributed by atoms with van der Waals surface area (Å²) in [6.45, 7) is 8.69. The van der Waals surface area contributed by atoms with Gasteiger partial charge in [0.25, 0.3) is 0 Å².